The van der Waals surface area contributed by atoms with Gasteiger partial charge in [-0.05, 0) is 55.0 Å². The highest BCUT2D eigenvalue weighted by Crippen LogP contribution is 2.35. The van der Waals surface area contributed by atoms with Crippen LogP contribution in [-0.4, -0.2) is 9.97 Å². The van der Waals surface area contributed by atoms with E-state index in [0.29, 0.717) is 16.8 Å². The normalized spacial score (nSPS) is 19.2. The van der Waals surface area contributed by atoms with Crippen molar-refractivity contribution in [3.63, 3.8) is 0 Å². The number of pyridine rings is 2. The number of benzene rings is 1. The van der Waals surface area contributed by atoms with Crippen LogP contribution in [0.25, 0.3) is 33.3 Å². The smallest absolute Gasteiger partial charge is 0.227 e. The SMILES string of the molecule is [2H]C([2H])([2H])c1ccc2c(n1)oc1c(-c3cc(C([2H])([2H])C4CCCC4)ccn3)cccc12. The number of fused-ring (bicyclic) bond motifs is 3. The Balaban J connectivity index is 1.64. The van der Waals surface area contributed by atoms with Gasteiger partial charge in [0, 0.05) is 35.1 Å². The Morgan fingerprint density at radius 3 is 2.96 bits per heavy atom. The Bertz CT molecular complexity index is 1270. The molecule has 0 bridgehead atoms. The monoisotopic (exact) mass is 347 g/mol. The third-order valence-electron chi connectivity index (χ3n) is 5.13. The van der Waals surface area contributed by atoms with Crippen molar-refractivity contribution in [3.8, 4) is 11.3 Å². The number of hydrogen-bond acceptors (Lipinski definition) is 3. The largest absolute Gasteiger partial charge is 0.437 e. The van der Waals surface area contributed by atoms with Gasteiger partial charge in [0.15, 0.2) is 0 Å². The van der Waals surface area contributed by atoms with E-state index in [0.717, 1.165) is 42.0 Å². The van der Waals surface area contributed by atoms with Crippen molar-refractivity contribution in [1.82, 2.24) is 9.97 Å². The summed E-state index contributed by atoms with van der Waals surface area (Å²) in [5, 5.41) is 1.56. The molecule has 3 heteroatoms. The third kappa shape index (κ3) is 2.68. The van der Waals surface area contributed by atoms with Crippen LogP contribution in [-0.2, 0) is 6.37 Å². The number of aryl methyl sites for hydroxylation is 1. The summed E-state index contributed by atoms with van der Waals surface area (Å²) in [7, 11) is 0. The molecule has 3 heterocycles. The lowest BCUT2D eigenvalue weighted by Crippen LogP contribution is -1.99. The molecule has 3 aromatic heterocycles. The molecule has 0 saturated heterocycles. The van der Waals surface area contributed by atoms with E-state index in [2.05, 4.69) is 9.97 Å². The highest BCUT2D eigenvalue weighted by molar-refractivity contribution is 6.08. The molecule has 1 aliphatic rings. The van der Waals surface area contributed by atoms with Crippen molar-refractivity contribution in [3.05, 3.63) is 59.9 Å². The zero-order valence-corrected chi connectivity index (χ0v) is 14.3. The molecule has 4 aromatic rings. The van der Waals surface area contributed by atoms with Gasteiger partial charge < -0.3 is 4.42 Å². The second kappa shape index (κ2) is 6.24. The molecule has 1 aliphatic carbocycles. The van der Waals surface area contributed by atoms with E-state index in [9.17, 15) is 0 Å². The molecule has 0 unspecified atom stereocenters. The summed E-state index contributed by atoms with van der Waals surface area (Å²) in [6.45, 7) is -2.31. The third-order valence-corrected chi connectivity index (χ3v) is 5.13. The Kier molecular flexibility index (Phi) is 2.67. The van der Waals surface area contributed by atoms with E-state index in [1.54, 1.807) is 18.3 Å². The number of rotatable bonds is 3. The highest BCUT2D eigenvalue weighted by Gasteiger charge is 2.17. The van der Waals surface area contributed by atoms with Gasteiger partial charge in [-0.15, -0.1) is 0 Å². The maximum atomic E-state index is 8.71. The minimum Gasteiger partial charge on any atom is -0.437 e. The van der Waals surface area contributed by atoms with Crippen molar-refractivity contribution in [2.24, 2.45) is 5.92 Å². The van der Waals surface area contributed by atoms with Gasteiger partial charge in [-0.25, -0.2) is 4.98 Å². The number of nitrogens with zero attached hydrogens (tertiary/aromatic N) is 2. The summed E-state index contributed by atoms with van der Waals surface area (Å²) in [6, 6.07) is 12.5. The maximum Gasteiger partial charge on any atom is 0.227 e. The lowest BCUT2D eigenvalue weighted by molar-refractivity contribution is 0.546. The predicted molar refractivity (Wildman–Crippen MR) is 105 cm³/mol. The zero-order chi connectivity index (χ0) is 21.8. The van der Waals surface area contributed by atoms with Gasteiger partial charge >= 0.3 is 0 Å². The molecule has 0 atom stereocenters. The Morgan fingerprint density at radius 1 is 1.15 bits per heavy atom. The molecule has 130 valence electrons. The molecule has 1 aromatic carbocycles. The van der Waals surface area contributed by atoms with Crippen LogP contribution in [0.4, 0.5) is 0 Å². The first kappa shape index (κ1) is 11.1. The molecule has 0 N–H and O–H groups in total. The molecule has 0 radical (unpaired) electrons. The number of furan rings is 1. The minimum atomic E-state index is -2.31. The molecule has 0 amide bonds. The van der Waals surface area contributed by atoms with Crippen LogP contribution >= 0.6 is 0 Å². The number of aromatic nitrogens is 2. The molecular weight excluding hydrogens is 320 g/mol. The standard InChI is InChI=1S/C23H22N2O/c1-15-9-10-19-18-7-4-8-20(22(18)26-23(19)25-15)21-14-17(11-12-24-21)13-16-5-2-3-6-16/h4,7-12,14,16H,2-3,5-6,13H2,1H3/i1D3,13D2. The Morgan fingerprint density at radius 2 is 2.08 bits per heavy atom. The lowest BCUT2D eigenvalue weighted by Gasteiger charge is -2.10. The Labute approximate surface area is 160 Å². The van der Waals surface area contributed by atoms with Gasteiger partial charge in [0.25, 0.3) is 0 Å². The van der Waals surface area contributed by atoms with Crippen LogP contribution in [0, 0.1) is 12.8 Å². The van der Waals surface area contributed by atoms with Gasteiger partial charge in [0.2, 0.25) is 5.71 Å². The fourth-order valence-corrected chi connectivity index (χ4v) is 3.85. The molecule has 3 nitrogen and oxygen atoms in total. The van der Waals surface area contributed by atoms with Gasteiger partial charge in [0.05, 0.1) is 5.69 Å². The molecule has 0 aliphatic heterocycles. The van der Waals surface area contributed by atoms with Crippen molar-refractivity contribution in [2.45, 2.75) is 38.9 Å². The summed E-state index contributed by atoms with van der Waals surface area (Å²) in [6.07, 6.45) is 4.19. The second-order valence-electron chi connectivity index (χ2n) is 6.89. The van der Waals surface area contributed by atoms with Crippen molar-refractivity contribution < 1.29 is 11.3 Å². The van der Waals surface area contributed by atoms with Gasteiger partial charge in [-0.1, -0.05) is 37.8 Å². The fraction of sp³-hybridized carbons (Fsp3) is 0.304. The first-order valence-electron chi connectivity index (χ1n) is 11.5. The minimum absolute atomic E-state index is 0.00881. The molecule has 0 spiro atoms. The first-order valence-corrected chi connectivity index (χ1v) is 9.05. The highest BCUT2D eigenvalue weighted by atomic mass is 16.3. The molecule has 1 fully saturated rings. The second-order valence-corrected chi connectivity index (χ2v) is 6.89. The van der Waals surface area contributed by atoms with E-state index in [4.69, 9.17) is 11.3 Å². The van der Waals surface area contributed by atoms with Crippen LogP contribution < -0.4 is 0 Å². The van der Waals surface area contributed by atoms with E-state index in [1.165, 1.54) is 6.07 Å². The molecule has 1 saturated carbocycles. The summed E-state index contributed by atoms with van der Waals surface area (Å²) in [4.78, 5) is 8.71. The summed E-state index contributed by atoms with van der Waals surface area (Å²) in [5.74, 6) is 0.0206. The first-order chi connectivity index (χ1) is 14.7. The van der Waals surface area contributed by atoms with Crippen molar-refractivity contribution in [1.29, 1.82) is 0 Å². The van der Waals surface area contributed by atoms with Crippen LogP contribution in [0.2, 0.25) is 0 Å². The predicted octanol–water partition coefficient (Wildman–Crippen LogP) is 6.08. The van der Waals surface area contributed by atoms with Crippen LogP contribution in [0.15, 0.2) is 53.1 Å². The molecule has 5 rings (SSSR count). The topological polar surface area (TPSA) is 38.9 Å². The quantitative estimate of drug-likeness (QED) is 0.450. The summed E-state index contributed by atoms with van der Waals surface area (Å²) >= 11 is 0. The summed E-state index contributed by atoms with van der Waals surface area (Å²) < 4.78 is 46.2. The lowest BCUT2D eigenvalue weighted by atomic mass is 9.97. The van der Waals surface area contributed by atoms with Gasteiger partial charge in [-0.2, -0.15) is 0 Å². The number of hydrogen-bond donors (Lipinski definition) is 0. The fourth-order valence-electron chi connectivity index (χ4n) is 3.85. The van der Waals surface area contributed by atoms with Gasteiger partial charge in [0.1, 0.15) is 5.58 Å². The zero-order valence-electron chi connectivity index (χ0n) is 19.3. The van der Waals surface area contributed by atoms with Crippen molar-refractivity contribution in [2.75, 3.05) is 0 Å². The molecular formula is C23H22N2O. The summed E-state index contributed by atoms with van der Waals surface area (Å²) in [5.41, 5.74) is 2.81. The Hall–Kier alpha value is -2.68. The van der Waals surface area contributed by atoms with Crippen LogP contribution in [0.5, 0.6) is 0 Å². The van der Waals surface area contributed by atoms with E-state index in [1.807, 2.05) is 24.3 Å². The van der Waals surface area contributed by atoms with E-state index in [-0.39, 0.29) is 17.3 Å². The molecule has 26 heavy (non-hydrogen) atoms. The van der Waals surface area contributed by atoms with Crippen molar-refractivity contribution >= 4 is 22.1 Å². The maximum absolute atomic E-state index is 8.71. The average molecular weight is 347 g/mol. The van der Waals surface area contributed by atoms with Crippen LogP contribution in [0.3, 0.4) is 0 Å². The number of para-hydroxylation sites is 1. The van der Waals surface area contributed by atoms with E-state index >= 15 is 0 Å². The van der Waals surface area contributed by atoms with Crippen LogP contribution in [0.1, 0.15) is 43.8 Å². The van der Waals surface area contributed by atoms with Gasteiger partial charge in [-0.3, -0.25) is 4.98 Å². The average Bonchev–Trinajstić information content (AvgIpc) is 3.41. The van der Waals surface area contributed by atoms with E-state index < -0.39 is 13.2 Å².